The molecule has 0 aliphatic heterocycles. The molecule has 16 heavy (non-hydrogen) atoms. The second-order valence-corrected chi connectivity index (χ2v) is 8.54. The standard InChI is InChI=1S/C12H20N2S2/c1-8(2)12(16(3)15)7-10-9(11(12)13)5-4-6-14-10/h4-6,8,11,15-16H,7,13H2,1-3H3/t11-,12?/m1/s1. The topological polar surface area (TPSA) is 38.9 Å². The fourth-order valence-electron chi connectivity index (χ4n) is 2.78. The Hall–Kier alpha value is -0.190. The number of nitrogens with zero attached hydrogens (tertiary/aromatic N) is 1. The molecule has 1 aliphatic carbocycles. The van der Waals surface area contributed by atoms with Crippen molar-refractivity contribution in [2.45, 2.75) is 31.1 Å². The van der Waals surface area contributed by atoms with Crippen LogP contribution in [0.1, 0.15) is 31.1 Å². The van der Waals surface area contributed by atoms with Gasteiger partial charge >= 0.3 is 0 Å². The predicted molar refractivity (Wildman–Crippen MR) is 76.3 cm³/mol. The number of hydrogen-bond donors (Lipinski definition) is 3. The molecule has 0 radical (unpaired) electrons. The Morgan fingerprint density at radius 3 is 2.81 bits per heavy atom. The van der Waals surface area contributed by atoms with Crippen molar-refractivity contribution < 1.29 is 0 Å². The molecule has 0 amide bonds. The van der Waals surface area contributed by atoms with Gasteiger partial charge in [-0.15, -0.1) is 11.7 Å². The van der Waals surface area contributed by atoms with Crippen LogP contribution < -0.4 is 5.73 Å². The van der Waals surface area contributed by atoms with Gasteiger partial charge in [-0.05, 0) is 23.8 Å². The highest BCUT2D eigenvalue weighted by molar-refractivity contribution is 8.78. The molecule has 2 N–H and O–H groups in total. The largest absolute Gasteiger partial charge is 0.323 e. The Labute approximate surface area is 105 Å². The molecule has 0 aromatic carbocycles. The zero-order valence-electron chi connectivity index (χ0n) is 10.0. The van der Waals surface area contributed by atoms with Crippen LogP contribution in [0.5, 0.6) is 0 Å². The van der Waals surface area contributed by atoms with Crippen LogP contribution >= 0.6 is 21.6 Å². The Bertz CT molecular complexity index is 382. The average Bonchev–Trinajstić information content (AvgIpc) is 2.54. The lowest BCUT2D eigenvalue weighted by Gasteiger charge is -2.43. The van der Waals surface area contributed by atoms with Gasteiger partial charge in [0.15, 0.2) is 0 Å². The van der Waals surface area contributed by atoms with Crippen LogP contribution in [0.4, 0.5) is 0 Å². The number of pyridine rings is 1. The van der Waals surface area contributed by atoms with E-state index < -0.39 is 0 Å². The van der Waals surface area contributed by atoms with Crippen molar-refractivity contribution in [1.82, 2.24) is 4.98 Å². The van der Waals surface area contributed by atoms with Gasteiger partial charge in [0, 0.05) is 29.1 Å². The maximum absolute atomic E-state index is 6.45. The maximum Gasteiger partial charge on any atom is 0.0466 e. The summed E-state index contributed by atoms with van der Waals surface area (Å²) in [6, 6.07) is 4.18. The third-order valence-corrected chi connectivity index (χ3v) is 7.13. The van der Waals surface area contributed by atoms with Gasteiger partial charge in [0.1, 0.15) is 0 Å². The van der Waals surface area contributed by atoms with Crippen molar-refractivity contribution in [2.75, 3.05) is 6.26 Å². The van der Waals surface area contributed by atoms with Crippen LogP contribution in [0.2, 0.25) is 0 Å². The quantitative estimate of drug-likeness (QED) is 0.562. The van der Waals surface area contributed by atoms with E-state index in [1.807, 2.05) is 12.3 Å². The highest BCUT2D eigenvalue weighted by Gasteiger charge is 2.48. The molecule has 0 saturated heterocycles. The molecule has 2 unspecified atom stereocenters. The summed E-state index contributed by atoms with van der Waals surface area (Å²) in [4.78, 5) is 4.47. The molecule has 2 rings (SSSR count). The number of hydrogen-bond acceptors (Lipinski definition) is 3. The molecule has 1 aromatic heterocycles. The second-order valence-electron chi connectivity index (χ2n) is 4.86. The highest BCUT2D eigenvalue weighted by Crippen LogP contribution is 2.58. The van der Waals surface area contributed by atoms with Crippen molar-refractivity contribution in [3.63, 3.8) is 0 Å². The smallest absolute Gasteiger partial charge is 0.0466 e. The van der Waals surface area contributed by atoms with E-state index in [4.69, 9.17) is 17.4 Å². The zero-order valence-corrected chi connectivity index (χ0v) is 11.8. The molecule has 3 atom stereocenters. The lowest BCUT2D eigenvalue weighted by Crippen LogP contribution is -2.42. The number of aromatic nitrogens is 1. The van der Waals surface area contributed by atoms with Crippen molar-refractivity contribution in [1.29, 1.82) is 0 Å². The van der Waals surface area contributed by atoms with Crippen LogP contribution in [-0.4, -0.2) is 16.0 Å². The van der Waals surface area contributed by atoms with Gasteiger partial charge in [-0.2, -0.15) is 0 Å². The van der Waals surface area contributed by atoms with E-state index in [2.05, 4.69) is 31.2 Å². The summed E-state index contributed by atoms with van der Waals surface area (Å²) in [5.41, 5.74) is 8.85. The van der Waals surface area contributed by atoms with Crippen molar-refractivity contribution in [3.05, 3.63) is 29.6 Å². The molecule has 0 spiro atoms. The summed E-state index contributed by atoms with van der Waals surface area (Å²) in [5, 5.41) is 0. The molecular formula is C12H20N2S2. The molecule has 0 bridgehead atoms. The number of nitrogens with two attached hydrogens (primary N) is 1. The third-order valence-electron chi connectivity index (χ3n) is 3.85. The Kier molecular flexibility index (Phi) is 3.25. The minimum absolute atomic E-state index is 0.0878. The summed E-state index contributed by atoms with van der Waals surface area (Å²) in [7, 11) is -0.382. The first-order valence-electron chi connectivity index (χ1n) is 5.62. The molecule has 4 heteroatoms. The second kappa shape index (κ2) is 4.24. The van der Waals surface area contributed by atoms with Crippen LogP contribution in [0.3, 0.4) is 0 Å². The number of fused-ring (bicyclic) bond motifs is 1. The summed E-state index contributed by atoms with van der Waals surface area (Å²) >= 11 is 4.74. The Morgan fingerprint density at radius 1 is 1.62 bits per heavy atom. The zero-order chi connectivity index (χ0) is 11.9. The van der Waals surface area contributed by atoms with E-state index in [1.165, 1.54) is 11.3 Å². The normalized spacial score (nSPS) is 31.6. The summed E-state index contributed by atoms with van der Waals surface area (Å²) in [5.74, 6) is 0.533. The van der Waals surface area contributed by atoms with Crippen molar-refractivity contribution in [3.8, 4) is 0 Å². The van der Waals surface area contributed by atoms with Crippen LogP contribution in [0, 0.1) is 5.92 Å². The van der Waals surface area contributed by atoms with Crippen molar-refractivity contribution in [2.24, 2.45) is 11.7 Å². The van der Waals surface area contributed by atoms with Gasteiger partial charge in [-0.3, -0.25) is 4.98 Å². The maximum atomic E-state index is 6.45. The monoisotopic (exact) mass is 256 g/mol. The molecule has 1 aliphatic rings. The Balaban J connectivity index is 2.49. The van der Waals surface area contributed by atoms with Gasteiger partial charge in [-0.25, -0.2) is 9.93 Å². The lowest BCUT2D eigenvalue weighted by atomic mass is 9.88. The molecule has 1 aromatic rings. The Morgan fingerprint density at radius 2 is 2.31 bits per heavy atom. The molecule has 90 valence electrons. The molecular weight excluding hydrogens is 236 g/mol. The molecule has 0 saturated carbocycles. The first kappa shape index (κ1) is 12.3. The van der Waals surface area contributed by atoms with E-state index in [9.17, 15) is 0 Å². The first-order chi connectivity index (χ1) is 7.50. The average molecular weight is 256 g/mol. The first-order valence-corrected chi connectivity index (χ1v) is 8.56. The minimum Gasteiger partial charge on any atom is -0.323 e. The summed E-state index contributed by atoms with van der Waals surface area (Å²) in [6.07, 6.45) is 5.05. The summed E-state index contributed by atoms with van der Waals surface area (Å²) in [6.45, 7) is 4.50. The van der Waals surface area contributed by atoms with Gasteiger partial charge in [0.05, 0.1) is 0 Å². The summed E-state index contributed by atoms with van der Waals surface area (Å²) < 4.78 is 0.106. The van der Waals surface area contributed by atoms with E-state index >= 15 is 0 Å². The molecule has 0 fully saturated rings. The number of rotatable bonds is 2. The predicted octanol–water partition coefficient (Wildman–Crippen LogP) is 2.51. The van der Waals surface area contributed by atoms with Gasteiger partial charge in [0.2, 0.25) is 0 Å². The van der Waals surface area contributed by atoms with E-state index in [1.54, 1.807) is 0 Å². The van der Waals surface area contributed by atoms with E-state index in [0.717, 1.165) is 6.42 Å². The third kappa shape index (κ3) is 1.59. The van der Waals surface area contributed by atoms with Gasteiger partial charge in [0.25, 0.3) is 0 Å². The fraction of sp³-hybridized carbons (Fsp3) is 0.583. The fourth-order valence-corrected chi connectivity index (χ4v) is 5.73. The highest BCUT2D eigenvalue weighted by atomic mass is 33.1. The van der Waals surface area contributed by atoms with Crippen molar-refractivity contribution >= 4 is 21.6 Å². The van der Waals surface area contributed by atoms with E-state index in [0.29, 0.717) is 5.92 Å². The van der Waals surface area contributed by atoms with Crippen LogP contribution in [0.15, 0.2) is 18.3 Å². The molecule has 2 nitrogen and oxygen atoms in total. The molecule has 1 heterocycles. The number of thiol groups is 2. The van der Waals surface area contributed by atoms with Crippen LogP contribution in [0.25, 0.3) is 0 Å². The SMILES string of the molecule is CC(C)C1([SH](C)S)Cc2ncccc2[C@H]1N. The van der Waals surface area contributed by atoms with E-state index in [-0.39, 0.29) is 20.7 Å². The lowest BCUT2D eigenvalue weighted by molar-refractivity contribution is 0.392. The van der Waals surface area contributed by atoms with Gasteiger partial charge in [-0.1, -0.05) is 19.9 Å². The van der Waals surface area contributed by atoms with Crippen LogP contribution in [-0.2, 0) is 6.42 Å². The van der Waals surface area contributed by atoms with Gasteiger partial charge < -0.3 is 5.73 Å². The minimum atomic E-state index is -0.382.